The normalized spacial score (nSPS) is 12.2. The van der Waals surface area contributed by atoms with E-state index in [2.05, 4.69) is 25.5 Å². The molecule has 0 aliphatic rings. The molecule has 0 spiro atoms. The molecular weight excluding hydrogens is 448 g/mol. The van der Waals surface area contributed by atoms with E-state index in [0.29, 0.717) is 5.69 Å². The van der Waals surface area contributed by atoms with Gasteiger partial charge in [0.2, 0.25) is 16.0 Å². The second kappa shape index (κ2) is 8.23. The number of aromatic nitrogens is 2. The molecule has 15 heteroatoms. The molecule has 0 aliphatic heterocycles. The zero-order valence-corrected chi connectivity index (χ0v) is 17.2. The number of rotatable bonds is 6. The summed E-state index contributed by atoms with van der Waals surface area (Å²) in [7, 11) is -8.41. The maximum Gasteiger partial charge on any atom is 0.296 e. The Morgan fingerprint density at radius 2 is 1.55 bits per heavy atom. The van der Waals surface area contributed by atoms with E-state index in [4.69, 9.17) is 16.6 Å². The topological polar surface area (TPSA) is 229 Å². The summed E-state index contributed by atoms with van der Waals surface area (Å²) < 4.78 is 55.1. The third kappa shape index (κ3) is 5.28. The Labute approximate surface area is 176 Å². The molecule has 0 saturated heterocycles. The number of sulfonamides is 1. The molecule has 31 heavy (non-hydrogen) atoms. The predicted molar refractivity (Wildman–Crippen MR) is 112 cm³/mol. The Morgan fingerprint density at radius 1 is 0.903 bits per heavy atom. The molecule has 8 N–H and O–H groups in total. The Balaban J connectivity index is 2.01. The second-order valence-electron chi connectivity index (χ2n) is 6.00. The van der Waals surface area contributed by atoms with Gasteiger partial charge in [-0.05, 0) is 36.4 Å². The summed E-state index contributed by atoms with van der Waals surface area (Å²) >= 11 is 0. The third-order valence-electron chi connectivity index (χ3n) is 3.77. The molecule has 0 radical (unpaired) electrons. The van der Waals surface area contributed by atoms with Gasteiger partial charge in [0.15, 0.2) is 17.3 Å². The molecule has 0 bridgehead atoms. The summed E-state index contributed by atoms with van der Waals surface area (Å²) in [5, 5.41) is 15.7. The molecule has 0 fully saturated rings. The van der Waals surface area contributed by atoms with Crippen molar-refractivity contribution in [3.05, 3.63) is 48.5 Å². The number of anilines is 4. The molecule has 13 nitrogen and oxygen atoms in total. The smallest absolute Gasteiger partial charge is 0.296 e. The van der Waals surface area contributed by atoms with E-state index in [0.717, 1.165) is 6.07 Å². The minimum atomic E-state index is -4.54. The van der Waals surface area contributed by atoms with Crippen molar-refractivity contribution in [1.29, 1.82) is 0 Å². The van der Waals surface area contributed by atoms with Gasteiger partial charge in [0.05, 0.1) is 4.90 Å². The molecule has 3 aromatic rings. The van der Waals surface area contributed by atoms with Crippen LogP contribution in [0.3, 0.4) is 0 Å². The van der Waals surface area contributed by atoms with Crippen molar-refractivity contribution in [3.63, 3.8) is 0 Å². The lowest BCUT2D eigenvalue weighted by Gasteiger charge is -2.10. The van der Waals surface area contributed by atoms with Gasteiger partial charge in [-0.3, -0.25) is 4.55 Å². The largest absolute Gasteiger partial charge is 0.382 e. The third-order valence-corrected chi connectivity index (χ3v) is 5.61. The Kier molecular flexibility index (Phi) is 5.85. The first-order valence-electron chi connectivity index (χ1n) is 8.26. The van der Waals surface area contributed by atoms with Crippen molar-refractivity contribution in [1.82, 2.24) is 9.97 Å². The number of nitrogens with two attached hydrogens (primary N) is 3. The maximum absolute atomic E-state index is 11.5. The van der Waals surface area contributed by atoms with E-state index in [1.807, 2.05) is 0 Å². The molecule has 0 unspecified atom stereocenters. The van der Waals surface area contributed by atoms with Crippen molar-refractivity contribution in [2.24, 2.45) is 15.4 Å². The van der Waals surface area contributed by atoms with E-state index in [1.165, 1.54) is 42.5 Å². The molecule has 162 valence electrons. The minimum Gasteiger partial charge on any atom is -0.382 e. The van der Waals surface area contributed by atoms with Crippen LogP contribution in [0.2, 0.25) is 0 Å². The lowest BCUT2D eigenvalue weighted by molar-refractivity contribution is 0.483. The van der Waals surface area contributed by atoms with Crippen molar-refractivity contribution >= 4 is 54.8 Å². The summed E-state index contributed by atoms with van der Waals surface area (Å²) in [6.45, 7) is 0. The molecule has 0 saturated carbocycles. The minimum absolute atomic E-state index is 0.0152. The fourth-order valence-electron chi connectivity index (χ4n) is 2.40. The highest BCUT2D eigenvalue weighted by molar-refractivity contribution is 7.89. The molecule has 0 aliphatic carbocycles. The van der Waals surface area contributed by atoms with E-state index in [-0.39, 0.29) is 33.9 Å². The first-order chi connectivity index (χ1) is 14.4. The molecule has 0 atom stereocenters. The molecule has 0 amide bonds. The van der Waals surface area contributed by atoms with Crippen LogP contribution in [0.25, 0.3) is 0 Å². The lowest BCUT2D eigenvalue weighted by Crippen LogP contribution is -2.11. The van der Waals surface area contributed by atoms with E-state index in [1.54, 1.807) is 0 Å². The Morgan fingerprint density at radius 3 is 2.16 bits per heavy atom. The first kappa shape index (κ1) is 22.0. The van der Waals surface area contributed by atoms with Gasteiger partial charge >= 0.3 is 0 Å². The van der Waals surface area contributed by atoms with Crippen molar-refractivity contribution in [2.75, 3.05) is 16.8 Å². The van der Waals surface area contributed by atoms with Crippen LogP contribution in [0.15, 0.2) is 68.6 Å². The van der Waals surface area contributed by atoms with Crippen LogP contribution in [0.1, 0.15) is 0 Å². The molecule has 2 aromatic carbocycles. The SMILES string of the molecule is Nc1nc(N)c(N=Nc2ccccc2S(=O)(=O)O)c(Nc2ccc(S(N)(=O)=O)cc2)n1. The number of hydrogen-bond donors (Lipinski definition) is 5. The van der Waals surface area contributed by atoms with Crippen LogP contribution >= 0.6 is 0 Å². The first-order valence-corrected chi connectivity index (χ1v) is 11.2. The number of primary sulfonamides is 1. The number of nitrogens with one attached hydrogen (secondary N) is 1. The molecule has 1 aromatic heterocycles. The van der Waals surface area contributed by atoms with Gasteiger partial charge < -0.3 is 16.8 Å². The van der Waals surface area contributed by atoms with Gasteiger partial charge in [-0.1, -0.05) is 12.1 Å². The number of azo groups is 1. The Hall–Kier alpha value is -3.66. The summed E-state index contributed by atoms with van der Waals surface area (Å²) in [5.41, 5.74) is 11.7. The number of nitrogen functional groups attached to an aromatic ring is 2. The monoisotopic (exact) mass is 464 g/mol. The molecular formula is C16H16N8O5S2. The number of benzene rings is 2. The van der Waals surface area contributed by atoms with Crippen molar-refractivity contribution in [2.45, 2.75) is 9.79 Å². The summed E-state index contributed by atoms with van der Waals surface area (Å²) in [5.74, 6) is -0.330. The van der Waals surface area contributed by atoms with Crippen LogP contribution < -0.4 is 21.9 Å². The molecule has 3 rings (SSSR count). The highest BCUT2D eigenvalue weighted by atomic mass is 32.2. The fraction of sp³-hybridized carbons (Fsp3) is 0. The lowest BCUT2D eigenvalue weighted by atomic mass is 10.3. The van der Waals surface area contributed by atoms with Crippen molar-refractivity contribution < 1.29 is 21.4 Å². The zero-order valence-electron chi connectivity index (χ0n) is 15.5. The quantitative estimate of drug-likeness (QED) is 0.262. The second-order valence-corrected chi connectivity index (χ2v) is 8.95. The van der Waals surface area contributed by atoms with E-state index >= 15 is 0 Å². The van der Waals surface area contributed by atoms with E-state index in [9.17, 15) is 21.4 Å². The predicted octanol–water partition coefficient (Wildman–Crippen LogP) is 1.69. The van der Waals surface area contributed by atoms with Gasteiger partial charge in [0, 0.05) is 5.69 Å². The maximum atomic E-state index is 11.5. The van der Waals surface area contributed by atoms with Gasteiger partial charge in [-0.2, -0.15) is 18.4 Å². The van der Waals surface area contributed by atoms with Crippen LogP contribution in [-0.2, 0) is 20.1 Å². The average molecular weight is 464 g/mol. The highest BCUT2D eigenvalue weighted by Gasteiger charge is 2.16. The van der Waals surface area contributed by atoms with Gasteiger partial charge in [-0.15, -0.1) is 10.2 Å². The van der Waals surface area contributed by atoms with Crippen LogP contribution in [0, 0.1) is 0 Å². The van der Waals surface area contributed by atoms with Gasteiger partial charge in [-0.25, -0.2) is 13.6 Å². The average Bonchev–Trinajstić information content (AvgIpc) is 2.66. The van der Waals surface area contributed by atoms with E-state index < -0.39 is 25.0 Å². The Bertz CT molecular complexity index is 1370. The van der Waals surface area contributed by atoms with Crippen LogP contribution in [0.5, 0.6) is 0 Å². The summed E-state index contributed by atoms with van der Waals surface area (Å²) in [6, 6.07) is 10.8. The fourth-order valence-corrected chi connectivity index (χ4v) is 3.54. The zero-order chi connectivity index (χ0) is 22.8. The summed E-state index contributed by atoms with van der Waals surface area (Å²) in [4.78, 5) is 7.24. The molecule has 1 heterocycles. The number of hydrogen-bond acceptors (Lipinski definition) is 11. The highest BCUT2D eigenvalue weighted by Crippen LogP contribution is 2.34. The van der Waals surface area contributed by atoms with Crippen LogP contribution in [0.4, 0.5) is 34.6 Å². The van der Waals surface area contributed by atoms with Gasteiger partial charge in [0.25, 0.3) is 10.1 Å². The van der Waals surface area contributed by atoms with Crippen molar-refractivity contribution in [3.8, 4) is 0 Å². The van der Waals surface area contributed by atoms with Gasteiger partial charge in [0.1, 0.15) is 10.6 Å². The standard InChI is InChI=1S/C16H16N8O5S2/c17-14-13(24-23-11-3-1-2-4-12(11)31(27,28)29)15(22-16(18)21-14)20-9-5-7-10(8-6-9)30(19,25)26/h1-8H,(H2,19,25,26)(H,27,28,29)(H5,17,18,20,21,22). The van der Waals surface area contributed by atoms with Crippen LogP contribution in [-0.4, -0.2) is 31.4 Å². The number of nitrogens with zero attached hydrogens (tertiary/aromatic N) is 4. The summed E-state index contributed by atoms with van der Waals surface area (Å²) in [6.07, 6.45) is 0.